The number of primary sulfonamides is 1. The fourth-order valence-electron chi connectivity index (χ4n) is 1.31. The van der Waals surface area contributed by atoms with Crippen LogP contribution < -0.4 is 10.9 Å². The third kappa shape index (κ3) is 2.63. The van der Waals surface area contributed by atoms with Crippen molar-refractivity contribution in [3.63, 3.8) is 0 Å². The van der Waals surface area contributed by atoms with Gasteiger partial charge >= 0.3 is 0 Å². The van der Waals surface area contributed by atoms with E-state index in [2.05, 4.69) is 10.1 Å². The first-order valence-corrected chi connectivity index (χ1v) is 7.18. The van der Waals surface area contributed by atoms with Crippen LogP contribution in [0, 0.1) is 0 Å². The quantitative estimate of drug-likeness (QED) is 0.778. The minimum Gasteiger partial charge on any atom is -0.399 e. The third-order valence-electron chi connectivity index (χ3n) is 2.15. The molecule has 0 spiro atoms. The summed E-state index contributed by atoms with van der Waals surface area (Å²) in [7, 11) is -2.12. The highest BCUT2D eigenvalue weighted by molar-refractivity contribution is 8.00. The first-order chi connectivity index (χ1) is 8.38. The lowest BCUT2D eigenvalue weighted by molar-refractivity contribution is 0.595. The number of sulfonamides is 1. The molecule has 0 aliphatic carbocycles. The Morgan fingerprint density at radius 2 is 2.11 bits per heavy atom. The second-order valence-electron chi connectivity index (χ2n) is 3.52. The van der Waals surface area contributed by atoms with E-state index in [1.165, 1.54) is 17.1 Å². The number of hydrogen-bond acceptors (Lipinski definition) is 6. The molecule has 1 heterocycles. The van der Waals surface area contributed by atoms with Crippen LogP contribution in [0.1, 0.15) is 0 Å². The summed E-state index contributed by atoms with van der Waals surface area (Å²) in [5, 5.41) is 9.62. The number of nitrogens with two attached hydrogens (primary N) is 2. The van der Waals surface area contributed by atoms with Crippen LogP contribution in [0.5, 0.6) is 0 Å². The van der Waals surface area contributed by atoms with Crippen LogP contribution >= 0.6 is 11.8 Å². The van der Waals surface area contributed by atoms with Gasteiger partial charge in [-0.05, 0) is 30.0 Å². The fourth-order valence-corrected chi connectivity index (χ4v) is 3.20. The Labute approximate surface area is 108 Å². The molecular formula is C9H11N5O2S2. The Kier molecular flexibility index (Phi) is 3.28. The Hall–Kier alpha value is -1.58. The predicted molar refractivity (Wildman–Crippen MR) is 67.4 cm³/mol. The molecule has 18 heavy (non-hydrogen) atoms. The zero-order valence-electron chi connectivity index (χ0n) is 9.44. The summed E-state index contributed by atoms with van der Waals surface area (Å²) in [6, 6.07) is 4.52. The van der Waals surface area contributed by atoms with Crippen molar-refractivity contribution in [3.05, 3.63) is 24.5 Å². The first-order valence-electron chi connectivity index (χ1n) is 4.82. The molecule has 0 saturated heterocycles. The lowest BCUT2D eigenvalue weighted by Crippen LogP contribution is -2.13. The van der Waals surface area contributed by atoms with Crippen molar-refractivity contribution in [2.75, 3.05) is 5.73 Å². The summed E-state index contributed by atoms with van der Waals surface area (Å²) < 4.78 is 24.5. The maximum Gasteiger partial charge on any atom is 0.239 e. The predicted octanol–water partition coefficient (Wildman–Crippen LogP) is 0.196. The summed E-state index contributed by atoms with van der Waals surface area (Å²) in [4.78, 5) is 4.45. The van der Waals surface area contributed by atoms with Crippen LogP contribution in [-0.2, 0) is 17.1 Å². The van der Waals surface area contributed by atoms with Gasteiger partial charge in [0, 0.05) is 17.6 Å². The largest absolute Gasteiger partial charge is 0.399 e. The van der Waals surface area contributed by atoms with E-state index in [-0.39, 0.29) is 4.90 Å². The molecule has 7 nitrogen and oxygen atoms in total. The van der Waals surface area contributed by atoms with Gasteiger partial charge < -0.3 is 5.73 Å². The van der Waals surface area contributed by atoms with Gasteiger partial charge in [0.1, 0.15) is 6.33 Å². The number of nitrogen functional groups attached to an aromatic ring is 1. The molecule has 0 fully saturated rings. The monoisotopic (exact) mass is 285 g/mol. The smallest absolute Gasteiger partial charge is 0.239 e. The van der Waals surface area contributed by atoms with Gasteiger partial charge in [-0.25, -0.2) is 23.2 Å². The summed E-state index contributed by atoms with van der Waals surface area (Å²) in [5.74, 6) is 0. The van der Waals surface area contributed by atoms with E-state index in [1.807, 2.05) is 0 Å². The molecule has 2 aromatic rings. The van der Waals surface area contributed by atoms with E-state index in [4.69, 9.17) is 10.9 Å². The maximum atomic E-state index is 11.5. The van der Waals surface area contributed by atoms with Crippen molar-refractivity contribution in [3.8, 4) is 0 Å². The van der Waals surface area contributed by atoms with Crippen molar-refractivity contribution in [1.29, 1.82) is 0 Å². The van der Waals surface area contributed by atoms with Crippen LogP contribution in [0.4, 0.5) is 5.69 Å². The van der Waals surface area contributed by atoms with Crippen molar-refractivity contribution in [2.45, 2.75) is 14.9 Å². The lowest BCUT2D eigenvalue weighted by atomic mass is 10.3. The Bertz CT molecular complexity index is 680. The second-order valence-corrected chi connectivity index (χ2v) is 6.06. The van der Waals surface area contributed by atoms with Crippen LogP contribution in [0.15, 0.2) is 39.5 Å². The van der Waals surface area contributed by atoms with E-state index in [1.54, 1.807) is 19.2 Å². The van der Waals surface area contributed by atoms with Gasteiger partial charge in [0.2, 0.25) is 10.0 Å². The zero-order valence-corrected chi connectivity index (χ0v) is 11.1. The molecular weight excluding hydrogens is 274 g/mol. The molecule has 0 bridgehead atoms. The highest BCUT2D eigenvalue weighted by Crippen LogP contribution is 2.31. The van der Waals surface area contributed by atoms with Crippen LogP contribution in [0.3, 0.4) is 0 Å². The number of aromatic nitrogens is 3. The molecule has 0 saturated carbocycles. The minimum atomic E-state index is -3.83. The molecule has 0 amide bonds. The number of hydrogen-bond donors (Lipinski definition) is 2. The molecule has 0 aliphatic heterocycles. The summed E-state index contributed by atoms with van der Waals surface area (Å²) in [5.41, 5.74) is 5.90. The van der Waals surface area contributed by atoms with Gasteiger partial charge in [0.25, 0.3) is 0 Å². The third-order valence-corrected chi connectivity index (χ3v) is 4.35. The lowest BCUT2D eigenvalue weighted by Gasteiger charge is -2.07. The van der Waals surface area contributed by atoms with Gasteiger partial charge in [-0.1, -0.05) is 0 Å². The average molecular weight is 285 g/mol. The van der Waals surface area contributed by atoms with Gasteiger partial charge in [-0.3, -0.25) is 0 Å². The van der Waals surface area contributed by atoms with Crippen molar-refractivity contribution >= 4 is 27.5 Å². The van der Waals surface area contributed by atoms with E-state index in [0.717, 1.165) is 11.8 Å². The number of rotatable bonds is 3. The highest BCUT2D eigenvalue weighted by Gasteiger charge is 2.16. The second kappa shape index (κ2) is 4.59. The van der Waals surface area contributed by atoms with Crippen molar-refractivity contribution in [1.82, 2.24) is 14.8 Å². The molecule has 2 rings (SSSR count). The van der Waals surface area contributed by atoms with Gasteiger partial charge in [0.15, 0.2) is 5.16 Å². The molecule has 9 heteroatoms. The molecule has 4 N–H and O–H groups in total. The van der Waals surface area contributed by atoms with E-state index in [0.29, 0.717) is 15.7 Å². The Balaban J connectivity index is 2.49. The molecule has 1 aromatic heterocycles. The molecule has 1 aromatic carbocycles. The number of anilines is 1. The van der Waals surface area contributed by atoms with E-state index < -0.39 is 10.0 Å². The van der Waals surface area contributed by atoms with E-state index >= 15 is 0 Å². The summed E-state index contributed by atoms with van der Waals surface area (Å²) >= 11 is 1.16. The molecule has 0 radical (unpaired) electrons. The standard InChI is InChI=1S/C9H11N5O2S2/c1-14-9(12-5-13-14)17-7-3-2-6(10)4-8(7)18(11,15)16/h2-5H,10H2,1H3,(H2,11,15,16). The van der Waals surface area contributed by atoms with Crippen LogP contribution in [0.2, 0.25) is 0 Å². The van der Waals surface area contributed by atoms with E-state index in [9.17, 15) is 8.42 Å². The van der Waals surface area contributed by atoms with Crippen molar-refractivity contribution < 1.29 is 8.42 Å². The Morgan fingerprint density at radius 1 is 1.39 bits per heavy atom. The van der Waals surface area contributed by atoms with Crippen LogP contribution in [-0.4, -0.2) is 23.2 Å². The van der Waals surface area contributed by atoms with Gasteiger partial charge in [0.05, 0.1) is 4.90 Å². The zero-order chi connectivity index (χ0) is 13.3. The molecule has 0 unspecified atom stereocenters. The summed E-state index contributed by atoms with van der Waals surface area (Å²) in [6.45, 7) is 0. The molecule has 0 aliphatic rings. The maximum absolute atomic E-state index is 11.5. The first kappa shape index (κ1) is 12.9. The molecule has 96 valence electrons. The fraction of sp³-hybridized carbons (Fsp3) is 0.111. The van der Waals surface area contributed by atoms with Crippen LogP contribution in [0.25, 0.3) is 0 Å². The summed E-state index contributed by atoms with van der Waals surface area (Å²) in [6.07, 6.45) is 1.39. The highest BCUT2D eigenvalue weighted by atomic mass is 32.2. The minimum absolute atomic E-state index is 0.0181. The number of benzene rings is 1. The number of aryl methyl sites for hydroxylation is 1. The SMILES string of the molecule is Cn1ncnc1Sc1ccc(N)cc1S(N)(=O)=O. The normalized spacial score (nSPS) is 11.7. The van der Waals surface area contributed by atoms with Gasteiger partial charge in [-0.2, -0.15) is 5.10 Å². The topological polar surface area (TPSA) is 117 Å². The van der Waals surface area contributed by atoms with Gasteiger partial charge in [-0.15, -0.1) is 0 Å². The number of nitrogens with zero attached hydrogens (tertiary/aromatic N) is 3. The molecule has 0 atom stereocenters. The Morgan fingerprint density at radius 3 is 2.67 bits per heavy atom. The van der Waals surface area contributed by atoms with Crippen molar-refractivity contribution in [2.24, 2.45) is 12.2 Å². The average Bonchev–Trinajstić information content (AvgIpc) is 2.66.